The third kappa shape index (κ3) is 2.95. The zero-order valence-corrected chi connectivity index (χ0v) is 14.2. The number of fused-ring (bicyclic) bond motifs is 2. The smallest absolute Gasteiger partial charge is 0.269 e. The lowest BCUT2D eigenvalue weighted by Crippen LogP contribution is -2.32. The number of pyridine rings is 1. The van der Waals surface area contributed by atoms with Gasteiger partial charge in [0, 0.05) is 12.4 Å². The Labute approximate surface area is 148 Å². The van der Waals surface area contributed by atoms with Gasteiger partial charge in [0.2, 0.25) is 5.91 Å². The van der Waals surface area contributed by atoms with Gasteiger partial charge in [-0.2, -0.15) is 0 Å². The molecule has 4 rings (SSSR count). The molecule has 0 spiro atoms. The summed E-state index contributed by atoms with van der Waals surface area (Å²) in [6.45, 7) is 2.23. The number of imidazole rings is 1. The van der Waals surface area contributed by atoms with Crippen LogP contribution in [0.1, 0.15) is 11.3 Å². The fourth-order valence-electron chi connectivity index (χ4n) is 2.96. The lowest BCUT2D eigenvalue weighted by atomic mass is 10.3. The van der Waals surface area contributed by atoms with E-state index in [0.29, 0.717) is 17.6 Å². The molecule has 0 unspecified atom stereocenters. The Bertz CT molecular complexity index is 1180. The van der Waals surface area contributed by atoms with Gasteiger partial charge in [0.25, 0.3) is 5.56 Å². The third-order valence-corrected chi connectivity index (χ3v) is 4.25. The Morgan fingerprint density at radius 2 is 2.04 bits per heavy atom. The zero-order valence-electron chi connectivity index (χ0n) is 14.2. The zero-order chi connectivity index (χ0) is 18.1. The lowest BCUT2D eigenvalue weighted by Gasteiger charge is -2.09. The van der Waals surface area contributed by atoms with E-state index in [-0.39, 0.29) is 18.0 Å². The van der Waals surface area contributed by atoms with Gasteiger partial charge < -0.3 is 9.72 Å². The summed E-state index contributed by atoms with van der Waals surface area (Å²) in [6, 6.07) is 11.2. The number of hydrogen-bond donors (Lipinski definition) is 1. The van der Waals surface area contributed by atoms with E-state index in [9.17, 15) is 9.59 Å². The minimum Gasteiger partial charge on any atom is -0.349 e. The van der Waals surface area contributed by atoms with Gasteiger partial charge in [-0.1, -0.05) is 18.2 Å². The van der Waals surface area contributed by atoms with Crippen molar-refractivity contribution >= 4 is 22.6 Å². The summed E-state index contributed by atoms with van der Waals surface area (Å²) >= 11 is 0. The van der Waals surface area contributed by atoms with Crippen molar-refractivity contribution < 1.29 is 4.79 Å². The fraction of sp³-hybridized carbons (Fsp3) is 0.158. The minimum atomic E-state index is -0.304. The fourth-order valence-corrected chi connectivity index (χ4v) is 2.96. The van der Waals surface area contributed by atoms with Crippen molar-refractivity contribution in [2.24, 2.45) is 0 Å². The largest absolute Gasteiger partial charge is 0.349 e. The standard InChI is InChI=1S/C19H17N5O2/c1-13-5-4-8-23-11-14(22-19(13)23)9-21-17(25)12-24-16-7-3-2-6-15(16)20-10-18(24)26/h2-8,10-11H,9,12H2,1H3,(H,21,25). The Morgan fingerprint density at radius 3 is 2.88 bits per heavy atom. The predicted molar refractivity (Wildman–Crippen MR) is 97.8 cm³/mol. The molecule has 4 aromatic rings. The number of aromatic nitrogens is 4. The molecule has 0 fully saturated rings. The second-order valence-corrected chi connectivity index (χ2v) is 6.10. The van der Waals surface area contributed by atoms with Crippen LogP contribution in [0.3, 0.4) is 0 Å². The van der Waals surface area contributed by atoms with E-state index in [1.54, 1.807) is 6.07 Å². The lowest BCUT2D eigenvalue weighted by molar-refractivity contribution is -0.121. The number of para-hydroxylation sites is 2. The van der Waals surface area contributed by atoms with Crippen LogP contribution in [0.15, 0.2) is 59.8 Å². The molecule has 0 bridgehead atoms. The number of nitrogens with zero attached hydrogens (tertiary/aromatic N) is 4. The summed E-state index contributed by atoms with van der Waals surface area (Å²) in [6.07, 6.45) is 5.04. The number of carbonyl (C=O) groups excluding carboxylic acids is 1. The summed E-state index contributed by atoms with van der Waals surface area (Å²) in [7, 11) is 0. The number of aryl methyl sites for hydroxylation is 1. The van der Waals surface area contributed by atoms with Gasteiger partial charge in [0.05, 0.1) is 29.5 Å². The summed E-state index contributed by atoms with van der Waals surface area (Å²) < 4.78 is 3.35. The van der Waals surface area contributed by atoms with Gasteiger partial charge in [-0.25, -0.2) is 9.97 Å². The number of hydrogen-bond acceptors (Lipinski definition) is 4. The van der Waals surface area contributed by atoms with E-state index in [0.717, 1.165) is 16.9 Å². The second kappa shape index (κ2) is 6.44. The van der Waals surface area contributed by atoms with Gasteiger partial charge in [-0.05, 0) is 30.7 Å². The molecule has 0 atom stereocenters. The Morgan fingerprint density at radius 1 is 1.19 bits per heavy atom. The Hall–Kier alpha value is -3.48. The van der Waals surface area contributed by atoms with Crippen LogP contribution < -0.4 is 10.9 Å². The van der Waals surface area contributed by atoms with E-state index < -0.39 is 0 Å². The molecule has 7 heteroatoms. The number of carbonyl (C=O) groups is 1. The van der Waals surface area contributed by atoms with Crippen molar-refractivity contribution in [1.29, 1.82) is 0 Å². The summed E-state index contributed by atoms with van der Waals surface area (Å²) in [5.41, 5.74) is 3.71. The molecule has 1 aromatic carbocycles. The van der Waals surface area contributed by atoms with Crippen LogP contribution in [-0.2, 0) is 17.9 Å². The van der Waals surface area contributed by atoms with Gasteiger partial charge in [0.1, 0.15) is 12.2 Å². The molecule has 0 aliphatic carbocycles. The van der Waals surface area contributed by atoms with Crippen LogP contribution >= 0.6 is 0 Å². The highest BCUT2D eigenvalue weighted by Gasteiger charge is 2.10. The van der Waals surface area contributed by atoms with Crippen molar-refractivity contribution in [3.05, 3.63) is 76.6 Å². The molecule has 0 aliphatic heterocycles. The van der Waals surface area contributed by atoms with Crippen LogP contribution in [0.2, 0.25) is 0 Å². The number of benzene rings is 1. The average Bonchev–Trinajstić information content (AvgIpc) is 3.07. The van der Waals surface area contributed by atoms with Crippen LogP contribution in [-0.4, -0.2) is 24.8 Å². The molecule has 1 N–H and O–H groups in total. The van der Waals surface area contributed by atoms with Gasteiger partial charge in [-0.3, -0.25) is 14.2 Å². The van der Waals surface area contributed by atoms with Crippen LogP contribution in [0.25, 0.3) is 16.7 Å². The molecule has 0 aliphatic rings. The molecule has 0 saturated carbocycles. The van der Waals surface area contributed by atoms with Crippen molar-refractivity contribution in [1.82, 2.24) is 24.3 Å². The Kier molecular flexibility index (Phi) is 3.96. The number of rotatable bonds is 4. The summed E-state index contributed by atoms with van der Waals surface area (Å²) in [5.74, 6) is -0.253. The van der Waals surface area contributed by atoms with E-state index in [1.807, 2.05) is 54.0 Å². The predicted octanol–water partition coefficient (Wildman–Crippen LogP) is 1.67. The summed E-state index contributed by atoms with van der Waals surface area (Å²) in [5, 5.41) is 2.82. The molecule has 0 saturated heterocycles. The molecule has 3 aromatic heterocycles. The highest BCUT2D eigenvalue weighted by Crippen LogP contribution is 2.10. The minimum absolute atomic E-state index is 0.0612. The highest BCUT2D eigenvalue weighted by molar-refractivity contribution is 5.79. The van der Waals surface area contributed by atoms with Crippen molar-refractivity contribution in [3.8, 4) is 0 Å². The number of nitrogens with one attached hydrogen (secondary N) is 1. The molecule has 26 heavy (non-hydrogen) atoms. The number of amides is 1. The first-order chi connectivity index (χ1) is 12.6. The van der Waals surface area contributed by atoms with Gasteiger partial charge in [0.15, 0.2) is 0 Å². The topological polar surface area (TPSA) is 81.3 Å². The first-order valence-corrected chi connectivity index (χ1v) is 8.26. The van der Waals surface area contributed by atoms with Crippen molar-refractivity contribution in [2.45, 2.75) is 20.0 Å². The maximum atomic E-state index is 12.3. The molecular weight excluding hydrogens is 330 g/mol. The quantitative estimate of drug-likeness (QED) is 0.609. The molecule has 0 radical (unpaired) electrons. The Balaban J connectivity index is 1.51. The van der Waals surface area contributed by atoms with Crippen molar-refractivity contribution in [2.75, 3.05) is 0 Å². The monoisotopic (exact) mass is 347 g/mol. The second-order valence-electron chi connectivity index (χ2n) is 6.10. The third-order valence-electron chi connectivity index (χ3n) is 4.25. The SMILES string of the molecule is Cc1cccn2cc(CNC(=O)Cn3c(=O)cnc4ccccc43)nc12. The maximum Gasteiger partial charge on any atom is 0.269 e. The first kappa shape index (κ1) is 16.0. The summed E-state index contributed by atoms with van der Waals surface area (Å²) in [4.78, 5) is 33.1. The maximum absolute atomic E-state index is 12.3. The van der Waals surface area contributed by atoms with Crippen LogP contribution in [0.4, 0.5) is 0 Å². The average molecular weight is 347 g/mol. The van der Waals surface area contributed by atoms with E-state index in [1.165, 1.54) is 10.8 Å². The van der Waals surface area contributed by atoms with Gasteiger partial charge >= 0.3 is 0 Å². The molecule has 3 heterocycles. The first-order valence-electron chi connectivity index (χ1n) is 8.26. The van der Waals surface area contributed by atoms with E-state index in [4.69, 9.17) is 0 Å². The van der Waals surface area contributed by atoms with Crippen LogP contribution in [0, 0.1) is 6.92 Å². The van der Waals surface area contributed by atoms with E-state index >= 15 is 0 Å². The molecule has 130 valence electrons. The van der Waals surface area contributed by atoms with Gasteiger partial charge in [-0.15, -0.1) is 0 Å². The molecule has 7 nitrogen and oxygen atoms in total. The van der Waals surface area contributed by atoms with Crippen LogP contribution in [0.5, 0.6) is 0 Å². The normalized spacial score (nSPS) is 11.1. The molecular formula is C19H17N5O2. The van der Waals surface area contributed by atoms with E-state index in [2.05, 4.69) is 15.3 Å². The molecule has 1 amide bonds. The highest BCUT2D eigenvalue weighted by atomic mass is 16.2. The van der Waals surface area contributed by atoms with Crippen molar-refractivity contribution in [3.63, 3.8) is 0 Å².